The maximum Gasteiger partial charge on any atom is 0.117 e. The molecular formula is C18H18ClFN4S. The molecule has 0 amide bonds. The number of hydrogen-bond donors (Lipinski definition) is 2. The van der Waals surface area contributed by atoms with E-state index in [2.05, 4.69) is 4.98 Å². The number of aromatic nitrogens is 2. The van der Waals surface area contributed by atoms with Crippen LogP contribution in [0.1, 0.15) is 5.69 Å². The maximum absolute atomic E-state index is 14.1. The average Bonchev–Trinajstić information content (AvgIpc) is 2.86. The summed E-state index contributed by atoms with van der Waals surface area (Å²) in [4.78, 5) is 5.11. The number of allylic oxidation sites excluding steroid dienone is 1. The van der Waals surface area contributed by atoms with Crippen LogP contribution >= 0.6 is 23.5 Å². The highest BCUT2D eigenvalue weighted by Crippen LogP contribution is 2.37. The van der Waals surface area contributed by atoms with E-state index in [1.54, 1.807) is 18.5 Å². The van der Waals surface area contributed by atoms with Crippen molar-refractivity contribution in [2.45, 2.75) is 18.4 Å². The van der Waals surface area contributed by atoms with Gasteiger partial charge in [-0.2, -0.15) is 0 Å². The number of fused-ring (bicyclic) bond motifs is 1. The standard InChI is InChI=1S/C18H18ClFN4S/c1-11-18(12-6-15(25-22)9-23-8-12)16-7-13(19)2-3-17(16)24(11)10-14(20)4-5-21/h2-4,6-9H,5,10,21-22H2,1H3/b14-4-. The van der Waals surface area contributed by atoms with Crippen molar-refractivity contribution >= 4 is 34.5 Å². The first-order chi connectivity index (χ1) is 12.0. The van der Waals surface area contributed by atoms with E-state index >= 15 is 0 Å². The van der Waals surface area contributed by atoms with Crippen LogP contribution in [-0.2, 0) is 6.54 Å². The zero-order chi connectivity index (χ0) is 18.0. The zero-order valence-corrected chi connectivity index (χ0v) is 15.2. The highest BCUT2D eigenvalue weighted by molar-refractivity contribution is 7.97. The molecule has 0 saturated carbocycles. The smallest absolute Gasteiger partial charge is 0.117 e. The van der Waals surface area contributed by atoms with Crippen LogP contribution in [0.15, 0.2) is 53.5 Å². The van der Waals surface area contributed by atoms with Crippen LogP contribution in [0.2, 0.25) is 5.02 Å². The second-order valence-electron chi connectivity index (χ2n) is 5.62. The van der Waals surface area contributed by atoms with Crippen molar-refractivity contribution in [2.24, 2.45) is 10.9 Å². The molecule has 2 aromatic heterocycles. The molecule has 0 saturated heterocycles. The zero-order valence-electron chi connectivity index (χ0n) is 13.7. The normalized spacial score (nSPS) is 12.1. The molecule has 0 atom stereocenters. The number of hydrogen-bond acceptors (Lipinski definition) is 4. The molecule has 1 aromatic carbocycles. The molecule has 0 radical (unpaired) electrons. The van der Waals surface area contributed by atoms with Gasteiger partial charge in [0.05, 0.1) is 6.54 Å². The topological polar surface area (TPSA) is 69.9 Å². The molecule has 2 heterocycles. The van der Waals surface area contributed by atoms with Crippen molar-refractivity contribution in [3.63, 3.8) is 0 Å². The van der Waals surface area contributed by atoms with Gasteiger partial charge in [-0.25, -0.2) is 4.39 Å². The van der Waals surface area contributed by atoms with Crippen molar-refractivity contribution in [3.05, 3.63) is 59.3 Å². The third-order valence-corrected chi connectivity index (χ3v) is 4.80. The van der Waals surface area contributed by atoms with Crippen LogP contribution in [0, 0.1) is 6.92 Å². The Bertz CT molecular complexity index is 952. The molecule has 0 unspecified atom stereocenters. The molecule has 130 valence electrons. The second kappa shape index (κ2) is 7.58. The lowest BCUT2D eigenvalue weighted by molar-refractivity contribution is 0.555. The molecule has 4 nitrogen and oxygen atoms in total. The quantitative estimate of drug-likeness (QED) is 0.646. The minimum absolute atomic E-state index is 0.125. The summed E-state index contributed by atoms with van der Waals surface area (Å²) in [6.45, 7) is 2.25. The lowest BCUT2D eigenvalue weighted by Crippen LogP contribution is -2.03. The van der Waals surface area contributed by atoms with E-state index in [4.69, 9.17) is 22.5 Å². The summed E-state index contributed by atoms with van der Waals surface area (Å²) < 4.78 is 16.0. The highest BCUT2D eigenvalue weighted by atomic mass is 35.5. The summed E-state index contributed by atoms with van der Waals surface area (Å²) in [7, 11) is 0. The van der Waals surface area contributed by atoms with Gasteiger partial charge in [0.2, 0.25) is 0 Å². The molecule has 7 heteroatoms. The number of pyridine rings is 1. The minimum Gasteiger partial charge on any atom is -0.337 e. The van der Waals surface area contributed by atoms with Gasteiger partial charge in [-0.05, 0) is 49.2 Å². The number of rotatable bonds is 5. The summed E-state index contributed by atoms with van der Waals surface area (Å²) >= 11 is 7.34. The van der Waals surface area contributed by atoms with E-state index in [1.807, 2.05) is 29.7 Å². The van der Waals surface area contributed by atoms with Gasteiger partial charge < -0.3 is 10.3 Å². The third-order valence-electron chi connectivity index (χ3n) is 4.07. The molecule has 4 N–H and O–H groups in total. The Labute approximate surface area is 154 Å². The Morgan fingerprint density at radius 3 is 2.88 bits per heavy atom. The summed E-state index contributed by atoms with van der Waals surface area (Å²) in [5, 5.41) is 7.23. The van der Waals surface area contributed by atoms with Crippen LogP contribution in [0.3, 0.4) is 0 Å². The van der Waals surface area contributed by atoms with Crippen molar-refractivity contribution < 1.29 is 4.39 Å². The van der Waals surface area contributed by atoms with E-state index in [0.29, 0.717) is 5.02 Å². The Hall–Kier alpha value is -1.86. The minimum atomic E-state index is -0.270. The summed E-state index contributed by atoms with van der Waals surface area (Å²) in [6, 6.07) is 7.57. The van der Waals surface area contributed by atoms with E-state index in [1.165, 1.54) is 6.08 Å². The van der Waals surface area contributed by atoms with Gasteiger partial charge in [-0.15, -0.1) is 0 Å². The fraction of sp³-hybridized carbons (Fsp3) is 0.167. The average molecular weight is 377 g/mol. The number of benzene rings is 1. The summed E-state index contributed by atoms with van der Waals surface area (Å²) in [5.74, 6) is -0.270. The van der Waals surface area contributed by atoms with Crippen LogP contribution in [0.25, 0.3) is 22.0 Å². The van der Waals surface area contributed by atoms with Crippen LogP contribution in [-0.4, -0.2) is 16.1 Å². The van der Waals surface area contributed by atoms with Crippen molar-refractivity contribution in [2.75, 3.05) is 6.54 Å². The molecule has 0 bridgehead atoms. The molecule has 3 aromatic rings. The molecule has 0 aliphatic carbocycles. The van der Waals surface area contributed by atoms with Crippen LogP contribution in [0.5, 0.6) is 0 Å². The van der Waals surface area contributed by atoms with Crippen molar-refractivity contribution in [1.29, 1.82) is 0 Å². The summed E-state index contributed by atoms with van der Waals surface area (Å²) in [5.41, 5.74) is 9.14. The third kappa shape index (κ3) is 3.57. The first-order valence-electron chi connectivity index (χ1n) is 7.70. The predicted octanol–water partition coefficient (Wildman–Crippen LogP) is 4.44. The van der Waals surface area contributed by atoms with E-state index < -0.39 is 0 Å². The van der Waals surface area contributed by atoms with Crippen LogP contribution in [0.4, 0.5) is 4.39 Å². The monoisotopic (exact) mass is 376 g/mol. The SMILES string of the molecule is Cc1c(-c2cncc(SN)c2)c2cc(Cl)ccc2n1C/C(F)=C/CN. The molecular weight excluding hydrogens is 359 g/mol. The lowest BCUT2D eigenvalue weighted by Gasteiger charge is -2.08. The van der Waals surface area contributed by atoms with E-state index in [-0.39, 0.29) is 18.9 Å². The van der Waals surface area contributed by atoms with Gasteiger partial charge in [0.15, 0.2) is 0 Å². The first kappa shape index (κ1) is 17.9. The van der Waals surface area contributed by atoms with Gasteiger partial charge in [-0.1, -0.05) is 11.6 Å². The highest BCUT2D eigenvalue weighted by Gasteiger charge is 2.17. The second-order valence-corrected chi connectivity index (χ2v) is 6.77. The Morgan fingerprint density at radius 1 is 1.36 bits per heavy atom. The Balaban J connectivity index is 2.25. The fourth-order valence-electron chi connectivity index (χ4n) is 2.99. The Morgan fingerprint density at radius 2 is 2.16 bits per heavy atom. The van der Waals surface area contributed by atoms with Gasteiger partial charge >= 0.3 is 0 Å². The van der Waals surface area contributed by atoms with Gasteiger partial charge in [-0.3, -0.25) is 10.1 Å². The van der Waals surface area contributed by atoms with Crippen molar-refractivity contribution in [3.8, 4) is 11.1 Å². The van der Waals surface area contributed by atoms with Gasteiger partial charge in [0, 0.05) is 56.6 Å². The Kier molecular flexibility index (Phi) is 5.44. The van der Waals surface area contributed by atoms with Crippen LogP contribution < -0.4 is 10.9 Å². The van der Waals surface area contributed by atoms with Gasteiger partial charge in [0.1, 0.15) is 5.83 Å². The molecule has 25 heavy (non-hydrogen) atoms. The fourth-order valence-corrected chi connectivity index (χ4v) is 3.47. The molecule has 0 fully saturated rings. The van der Waals surface area contributed by atoms with E-state index in [9.17, 15) is 4.39 Å². The van der Waals surface area contributed by atoms with Gasteiger partial charge in [0.25, 0.3) is 0 Å². The molecule has 3 rings (SSSR count). The lowest BCUT2D eigenvalue weighted by atomic mass is 10.0. The molecule has 0 spiro atoms. The number of halogens is 2. The first-order valence-corrected chi connectivity index (χ1v) is 8.96. The molecule has 0 aliphatic rings. The predicted molar refractivity (Wildman–Crippen MR) is 103 cm³/mol. The molecule has 0 aliphatic heterocycles. The number of nitrogens with zero attached hydrogens (tertiary/aromatic N) is 2. The summed E-state index contributed by atoms with van der Waals surface area (Å²) in [6.07, 6.45) is 4.87. The number of nitrogens with two attached hydrogens (primary N) is 2. The largest absolute Gasteiger partial charge is 0.337 e. The maximum atomic E-state index is 14.1. The van der Waals surface area contributed by atoms with E-state index in [0.717, 1.165) is 44.6 Å². The van der Waals surface area contributed by atoms with Crippen molar-refractivity contribution in [1.82, 2.24) is 9.55 Å².